The van der Waals surface area contributed by atoms with Crippen LogP contribution in [-0.4, -0.2) is 17.4 Å². The number of carbonyl (C=O) groups is 1. The first-order chi connectivity index (χ1) is 10.3. The number of primary amides is 1. The van der Waals surface area contributed by atoms with E-state index in [0.717, 1.165) is 29.8 Å². The number of hydrogen-bond donors (Lipinski definition) is 2. The number of nitrogens with one attached hydrogen (secondary N) is 1. The van der Waals surface area contributed by atoms with Gasteiger partial charge in [-0.15, -0.1) is 24.8 Å². The van der Waals surface area contributed by atoms with E-state index in [2.05, 4.69) is 16.4 Å². The molecule has 0 fully saturated rings. The van der Waals surface area contributed by atoms with Crippen molar-refractivity contribution in [3.8, 4) is 11.1 Å². The number of benzene rings is 1. The van der Waals surface area contributed by atoms with E-state index in [0.29, 0.717) is 5.56 Å². The van der Waals surface area contributed by atoms with Crippen LogP contribution in [0.4, 0.5) is 0 Å². The summed E-state index contributed by atoms with van der Waals surface area (Å²) in [5.41, 5.74) is 8.84. The van der Waals surface area contributed by atoms with Crippen molar-refractivity contribution >= 4 is 30.7 Å². The molecule has 0 radical (unpaired) electrons. The van der Waals surface area contributed by atoms with Crippen LogP contribution in [0.2, 0.25) is 0 Å². The van der Waals surface area contributed by atoms with E-state index < -0.39 is 5.91 Å². The normalized spacial score (nSPS) is 15.7. The molecule has 1 amide bonds. The highest BCUT2D eigenvalue weighted by molar-refractivity contribution is 6.00. The lowest BCUT2D eigenvalue weighted by Crippen LogP contribution is -2.23. The summed E-state index contributed by atoms with van der Waals surface area (Å²) in [5, 5.41) is 3.22. The average molecular weight is 352 g/mol. The van der Waals surface area contributed by atoms with Gasteiger partial charge in [-0.1, -0.05) is 36.4 Å². The fraction of sp³-hybridized carbons (Fsp3) is 0.176. The molecule has 122 valence electrons. The summed E-state index contributed by atoms with van der Waals surface area (Å²) in [4.78, 5) is 16.3. The van der Waals surface area contributed by atoms with Gasteiger partial charge in [0.1, 0.15) is 0 Å². The summed E-state index contributed by atoms with van der Waals surface area (Å²) < 4.78 is 0. The van der Waals surface area contributed by atoms with Gasteiger partial charge in [-0.3, -0.25) is 9.78 Å². The van der Waals surface area contributed by atoms with Crippen LogP contribution in [0.15, 0.2) is 54.9 Å². The number of aromatic nitrogens is 1. The molecule has 3 rings (SSSR count). The van der Waals surface area contributed by atoms with Gasteiger partial charge >= 0.3 is 0 Å². The van der Waals surface area contributed by atoms with E-state index in [-0.39, 0.29) is 30.7 Å². The first-order valence-electron chi connectivity index (χ1n) is 7.00. The van der Waals surface area contributed by atoms with E-state index in [1.807, 2.05) is 36.5 Å². The topological polar surface area (TPSA) is 68.0 Å². The summed E-state index contributed by atoms with van der Waals surface area (Å²) in [7, 11) is 0. The zero-order chi connectivity index (χ0) is 14.7. The van der Waals surface area contributed by atoms with Gasteiger partial charge < -0.3 is 11.1 Å². The number of nitrogens with two attached hydrogens (primary N) is 1. The molecule has 3 N–H and O–H groups in total. The van der Waals surface area contributed by atoms with Crippen molar-refractivity contribution in [1.29, 1.82) is 0 Å². The van der Waals surface area contributed by atoms with Gasteiger partial charge in [0, 0.05) is 24.2 Å². The molecule has 0 bridgehead atoms. The number of amides is 1. The fourth-order valence-corrected chi connectivity index (χ4v) is 2.72. The number of rotatable bonds is 3. The summed E-state index contributed by atoms with van der Waals surface area (Å²) in [5.74, 6) is -0.179. The maximum absolute atomic E-state index is 11.8. The van der Waals surface area contributed by atoms with Gasteiger partial charge in [-0.25, -0.2) is 0 Å². The zero-order valence-electron chi connectivity index (χ0n) is 12.4. The first-order valence-corrected chi connectivity index (χ1v) is 7.00. The Kier molecular flexibility index (Phi) is 7.07. The summed E-state index contributed by atoms with van der Waals surface area (Å²) in [6.45, 7) is 0.811. The molecule has 1 aromatic carbocycles. The lowest BCUT2D eigenvalue weighted by atomic mass is 9.89. The van der Waals surface area contributed by atoms with E-state index in [4.69, 9.17) is 5.73 Å². The Morgan fingerprint density at radius 1 is 1.17 bits per heavy atom. The minimum Gasteiger partial charge on any atom is -0.390 e. The van der Waals surface area contributed by atoms with Gasteiger partial charge in [0.15, 0.2) is 0 Å². The molecule has 4 nitrogen and oxygen atoms in total. The molecule has 1 atom stereocenters. The minimum atomic E-state index is -0.420. The predicted molar refractivity (Wildman–Crippen MR) is 97.2 cm³/mol. The monoisotopic (exact) mass is 351 g/mol. The van der Waals surface area contributed by atoms with Crippen LogP contribution in [0.5, 0.6) is 0 Å². The Morgan fingerprint density at radius 2 is 1.91 bits per heavy atom. The van der Waals surface area contributed by atoms with Crippen molar-refractivity contribution in [2.24, 2.45) is 5.73 Å². The molecule has 0 saturated carbocycles. The van der Waals surface area contributed by atoms with Crippen molar-refractivity contribution in [2.75, 3.05) is 6.54 Å². The lowest BCUT2D eigenvalue weighted by Gasteiger charge is -2.22. The number of nitrogens with zero attached hydrogens (tertiary/aromatic N) is 1. The molecule has 6 heteroatoms. The molecule has 2 aromatic rings. The largest absolute Gasteiger partial charge is 0.390 e. The predicted octanol–water partition coefficient (Wildman–Crippen LogP) is 3.28. The Labute approximate surface area is 148 Å². The highest BCUT2D eigenvalue weighted by atomic mass is 35.5. The van der Waals surface area contributed by atoms with Gasteiger partial charge in [0.25, 0.3) is 0 Å². The molecule has 1 unspecified atom stereocenters. The van der Waals surface area contributed by atoms with Crippen molar-refractivity contribution in [2.45, 2.75) is 12.3 Å². The van der Waals surface area contributed by atoms with Crippen molar-refractivity contribution in [3.63, 3.8) is 0 Å². The second-order valence-corrected chi connectivity index (χ2v) is 5.09. The second kappa shape index (κ2) is 8.56. The number of carbonyl (C=O) groups excluding carboxylic acids is 1. The van der Waals surface area contributed by atoms with Crippen molar-refractivity contribution < 1.29 is 4.79 Å². The molecule has 0 saturated heterocycles. The van der Waals surface area contributed by atoms with Crippen LogP contribution in [0.3, 0.4) is 0 Å². The van der Waals surface area contributed by atoms with Gasteiger partial charge in [-0.05, 0) is 24.3 Å². The maximum Gasteiger partial charge on any atom is 0.249 e. The summed E-state index contributed by atoms with van der Waals surface area (Å²) in [6.07, 6.45) is 6.61. The molecule has 2 heterocycles. The van der Waals surface area contributed by atoms with E-state index >= 15 is 0 Å². The Morgan fingerprint density at radius 3 is 2.52 bits per heavy atom. The van der Waals surface area contributed by atoms with Crippen molar-refractivity contribution in [1.82, 2.24) is 10.3 Å². The van der Waals surface area contributed by atoms with Crippen LogP contribution in [0, 0.1) is 0 Å². The molecule has 23 heavy (non-hydrogen) atoms. The fourth-order valence-electron chi connectivity index (χ4n) is 2.72. The van der Waals surface area contributed by atoms with Crippen molar-refractivity contribution in [3.05, 3.63) is 66.1 Å². The lowest BCUT2D eigenvalue weighted by molar-refractivity contribution is 0.100. The van der Waals surface area contributed by atoms with Gasteiger partial charge in [0.2, 0.25) is 5.91 Å². The third-order valence-electron chi connectivity index (χ3n) is 3.72. The zero-order valence-corrected chi connectivity index (χ0v) is 14.1. The number of halogens is 2. The van der Waals surface area contributed by atoms with Crippen LogP contribution in [0.1, 0.15) is 28.4 Å². The first kappa shape index (κ1) is 19.0. The molecular formula is C17H19Cl2N3O. The quantitative estimate of drug-likeness (QED) is 0.891. The van der Waals surface area contributed by atoms with Crippen LogP contribution in [-0.2, 0) is 0 Å². The third kappa shape index (κ3) is 4.03. The highest BCUT2D eigenvalue weighted by Crippen LogP contribution is 2.33. The molecule has 0 spiro atoms. The Balaban J connectivity index is 0.00000132. The number of pyridine rings is 1. The maximum atomic E-state index is 11.8. The van der Waals surface area contributed by atoms with Crippen LogP contribution >= 0.6 is 24.8 Å². The highest BCUT2D eigenvalue weighted by Gasteiger charge is 2.22. The molecule has 1 aromatic heterocycles. The van der Waals surface area contributed by atoms with E-state index in [9.17, 15) is 4.79 Å². The summed E-state index contributed by atoms with van der Waals surface area (Å²) in [6, 6.07) is 11.5. The SMILES string of the molecule is Cl.Cl.NC(=O)c1ccnc(C2CC=CNC2)c1-c1ccccc1. The minimum absolute atomic E-state index is 0. The Hall–Kier alpha value is -2.04. The van der Waals surface area contributed by atoms with Gasteiger partial charge in [-0.2, -0.15) is 0 Å². The molecular weight excluding hydrogens is 333 g/mol. The average Bonchev–Trinajstić information content (AvgIpc) is 2.55. The third-order valence-corrected chi connectivity index (χ3v) is 3.72. The molecule has 1 aliphatic heterocycles. The number of hydrogen-bond acceptors (Lipinski definition) is 3. The smallest absolute Gasteiger partial charge is 0.249 e. The summed E-state index contributed by atoms with van der Waals surface area (Å²) >= 11 is 0. The van der Waals surface area contributed by atoms with E-state index in [1.54, 1.807) is 12.3 Å². The molecule has 0 aliphatic carbocycles. The standard InChI is InChI=1S/C17H17N3O.2ClH/c18-17(21)14-8-10-20-16(13-7-4-9-19-11-13)15(14)12-5-2-1-3-6-12;;/h1-6,8-10,13,19H,7,11H2,(H2,18,21);2*1H. The van der Waals surface area contributed by atoms with Crippen LogP contribution < -0.4 is 11.1 Å². The van der Waals surface area contributed by atoms with Crippen LogP contribution in [0.25, 0.3) is 11.1 Å². The van der Waals surface area contributed by atoms with Gasteiger partial charge in [0.05, 0.1) is 11.3 Å². The Bertz CT molecular complexity index is 689. The molecule has 1 aliphatic rings. The second-order valence-electron chi connectivity index (χ2n) is 5.09. The van der Waals surface area contributed by atoms with E-state index in [1.165, 1.54) is 0 Å². The number of allylic oxidation sites excluding steroid dienone is 1.